The van der Waals surface area contributed by atoms with Crippen LogP contribution in [0, 0.1) is 0 Å². The summed E-state index contributed by atoms with van der Waals surface area (Å²) in [6.07, 6.45) is 5.71. The summed E-state index contributed by atoms with van der Waals surface area (Å²) in [7, 11) is 0. The Morgan fingerprint density at radius 3 is 2.59 bits per heavy atom. The molecular formula is C17H22N4O. The van der Waals surface area contributed by atoms with E-state index in [2.05, 4.69) is 26.9 Å². The number of fused-ring (bicyclic) bond motifs is 1. The Hall–Kier alpha value is -1.88. The summed E-state index contributed by atoms with van der Waals surface area (Å²) in [4.78, 5) is 14.3. The number of morpholine rings is 1. The minimum Gasteiger partial charge on any atom is -0.378 e. The zero-order valence-electron chi connectivity index (χ0n) is 12.9. The normalized spacial score (nSPS) is 19.6. The van der Waals surface area contributed by atoms with Gasteiger partial charge >= 0.3 is 0 Å². The molecule has 0 saturated carbocycles. The second kappa shape index (κ2) is 6.08. The summed E-state index contributed by atoms with van der Waals surface area (Å²) in [6, 6.07) is 6.27. The van der Waals surface area contributed by atoms with Crippen LogP contribution in [-0.4, -0.2) is 49.4 Å². The van der Waals surface area contributed by atoms with Crippen molar-refractivity contribution in [1.29, 1.82) is 0 Å². The molecule has 2 saturated heterocycles. The van der Waals surface area contributed by atoms with E-state index in [9.17, 15) is 0 Å². The number of hydrogen-bond acceptors (Lipinski definition) is 5. The summed E-state index contributed by atoms with van der Waals surface area (Å²) in [5, 5.41) is 1.17. The molecule has 0 atom stereocenters. The highest BCUT2D eigenvalue weighted by atomic mass is 16.5. The van der Waals surface area contributed by atoms with Crippen LogP contribution in [0.25, 0.3) is 10.9 Å². The fraction of sp³-hybridized carbons (Fsp3) is 0.529. The van der Waals surface area contributed by atoms with Crippen molar-refractivity contribution in [2.24, 2.45) is 0 Å². The zero-order chi connectivity index (χ0) is 14.8. The van der Waals surface area contributed by atoms with Gasteiger partial charge in [-0.15, -0.1) is 0 Å². The van der Waals surface area contributed by atoms with Crippen LogP contribution in [0.15, 0.2) is 24.4 Å². The van der Waals surface area contributed by atoms with Gasteiger partial charge in [-0.3, -0.25) is 4.98 Å². The average Bonchev–Trinajstić information content (AvgIpc) is 2.62. The number of pyridine rings is 2. The van der Waals surface area contributed by atoms with Crippen molar-refractivity contribution in [2.45, 2.75) is 19.3 Å². The van der Waals surface area contributed by atoms with Gasteiger partial charge in [0.1, 0.15) is 11.6 Å². The second-order valence-electron chi connectivity index (χ2n) is 6.02. The summed E-state index contributed by atoms with van der Waals surface area (Å²) < 4.78 is 5.46. The van der Waals surface area contributed by atoms with Gasteiger partial charge in [0.2, 0.25) is 0 Å². The SMILES string of the molecule is c1cnc2cc(N3CCOCC3)nc(N3CCCCC3)c2c1. The molecule has 0 unspecified atom stereocenters. The van der Waals surface area contributed by atoms with Crippen LogP contribution in [0.3, 0.4) is 0 Å². The fourth-order valence-corrected chi connectivity index (χ4v) is 3.35. The van der Waals surface area contributed by atoms with Gasteiger partial charge in [0.15, 0.2) is 0 Å². The van der Waals surface area contributed by atoms with Crippen LogP contribution in [-0.2, 0) is 4.74 Å². The molecule has 0 aliphatic carbocycles. The highest BCUT2D eigenvalue weighted by molar-refractivity contribution is 5.91. The van der Waals surface area contributed by atoms with Gasteiger partial charge in [-0.2, -0.15) is 0 Å². The number of nitrogens with zero attached hydrogens (tertiary/aromatic N) is 4. The molecule has 2 aliphatic rings. The van der Waals surface area contributed by atoms with Crippen molar-refractivity contribution in [2.75, 3.05) is 49.2 Å². The summed E-state index contributed by atoms with van der Waals surface area (Å²) in [5.74, 6) is 2.14. The molecule has 5 heteroatoms. The third kappa shape index (κ3) is 2.61. The monoisotopic (exact) mass is 298 g/mol. The van der Waals surface area contributed by atoms with Crippen LogP contribution < -0.4 is 9.80 Å². The first-order valence-electron chi connectivity index (χ1n) is 8.25. The molecule has 2 aromatic rings. The first kappa shape index (κ1) is 13.8. The molecule has 5 nitrogen and oxygen atoms in total. The van der Waals surface area contributed by atoms with Crippen molar-refractivity contribution in [3.05, 3.63) is 24.4 Å². The topological polar surface area (TPSA) is 41.5 Å². The van der Waals surface area contributed by atoms with Gasteiger partial charge in [-0.25, -0.2) is 4.98 Å². The van der Waals surface area contributed by atoms with Crippen LogP contribution >= 0.6 is 0 Å². The smallest absolute Gasteiger partial charge is 0.140 e. The van der Waals surface area contributed by atoms with Gasteiger partial charge in [0, 0.05) is 43.8 Å². The van der Waals surface area contributed by atoms with E-state index in [1.807, 2.05) is 12.3 Å². The molecule has 0 spiro atoms. The van der Waals surface area contributed by atoms with Crippen LogP contribution in [0.5, 0.6) is 0 Å². The number of hydrogen-bond donors (Lipinski definition) is 0. The van der Waals surface area contributed by atoms with Crippen molar-refractivity contribution in [3.63, 3.8) is 0 Å². The highest BCUT2D eigenvalue weighted by Crippen LogP contribution is 2.30. The Bertz CT molecular complexity index is 648. The predicted octanol–water partition coefficient (Wildman–Crippen LogP) is 2.46. The molecule has 0 amide bonds. The first-order chi connectivity index (χ1) is 10.9. The van der Waals surface area contributed by atoms with Gasteiger partial charge in [0.05, 0.1) is 18.7 Å². The van der Waals surface area contributed by atoms with E-state index in [-0.39, 0.29) is 0 Å². The maximum absolute atomic E-state index is 5.46. The molecule has 4 heterocycles. The maximum Gasteiger partial charge on any atom is 0.140 e. The Morgan fingerprint density at radius 2 is 1.77 bits per heavy atom. The highest BCUT2D eigenvalue weighted by Gasteiger charge is 2.19. The van der Waals surface area contributed by atoms with E-state index >= 15 is 0 Å². The molecule has 2 aliphatic heterocycles. The van der Waals surface area contributed by atoms with Gasteiger partial charge in [0.25, 0.3) is 0 Å². The molecule has 0 radical (unpaired) electrons. The largest absolute Gasteiger partial charge is 0.378 e. The van der Waals surface area contributed by atoms with E-state index in [0.717, 1.165) is 56.5 Å². The number of piperidine rings is 1. The van der Waals surface area contributed by atoms with Crippen molar-refractivity contribution < 1.29 is 4.74 Å². The Morgan fingerprint density at radius 1 is 0.955 bits per heavy atom. The number of aromatic nitrogens is 2. The summed E-state index contributed by atoms with van der Waals surface area (Å²) in [5.41, 5.74) is 1.04. The molecule has 116 valence electrons. The zero-order valence-corrected chi connectivity index (χ0v) is 12.9. The van der Waals surface area contributed by atoms with Crippen molar-refractivity contribution in [1.82, 2.24) is 9.97 Å². The quantitative estimate of drug-likeness (QED) is 0.852. The van der Waals surface area contributed by atoms with Gasteiger partial charge < -0.3 is 14.5 Å². The molecule has 2 fully saturated rings. The summed E-state index contributed by atoms with van der Waals surface area (Å²) >= 11 is 0. The van der Waals surface area contributed by atoms with E-state index in [1.54, 1.807) is 0 Å². The predicted molar refractivity (Wildman–Crippen MR) is 88.6 cm³/mol. The lowest BCUT2D eigenvalue weighted by molar-refractivity contribution is 0.122. The Labute approximate surface area is 130 Å². The number of ether oxygens (including phenoxy) is 1. The van der Waals surface area contributed by atoms with Crippen LogP contribution in [0.4, 0.5) is 11.6 Å². The third-order valence-electron chi connectivity index (χ3n) is 4.56. The van der Waals surface area contributed by atoms with E-state index in [0.29, 0.717) is 0 Å². The van der Waals surface area contributed by atoms with Gasteiger partial charge in [-0.1, -0.05) is 0 Å². The second-order valence-corrected chi connectivity index (χ2v) is 6.02. The van der Waals surface area contributed by atoms with E-state index in [4.69, 9.17) is 9.72 Å². The molecule has 0 N–H and O–H groups in total. The Kier molecular flexibility index (Phi) is 3.81. The third-order valence-corrected chi connectivity index (χ3v) is 4.56. The molecule has 2 aromatic heterocycles. The van der Waals surface area contributed by atoms with Crippen LogP contribution in [0.1, 0.15) is 19.3 Å². The minimum atomic E-state index is 0.779. The number of anilines is 2. The lowest BCUT2D eigenvalue weighted by atomic mass is 10.1. The lowest BCUT2D eigenvalue weighted by Gasteiger charge is -2.32. The molecule has 0 bridgehead atoms. The maximum atomic E-state index is 5.46. The van der Waals surface area contributed by atoms with Gasteiger partial charge in [-0.05, 0) is 31.4 Å². The first-order valence-corrected chi connectivity index (χ1v) is 8.25. The molecular weight excluding hydrogens is 276 g/mol. The standard InChI is InChI=1S/C17H22N4O/c1-2-7-21(8-3-1)17-14-5-4-6-18-15(14)13-16(19-17)20-9-11-22-12-10-20/h4-6,13H,1-3,7-12H2. The Balaban J connectivity index is 1.78. The number of rotatable bonds is 2. The van der Waals surface area contributed by atoms with Crippen molar-refractivity contribution >= 4 is 22.5 Å². The lowest BCUT2D eigenvalue weighted by Crippen LogP contribution is -2.37. The van der Waals surface area contributed by atoms with Crippen LogP contribution in [0.2, 0.25) is 0 Å². The van der Waals surface area contributed by atoms with E-state index in [1.165, 1.54) is 24.6 Å². The minimum absolute atomic E-state index is 0.779. The molecule has 22 heavy (non-hydrogen) atoms. The fourth-order valence-electron chi connectivity index (χ4n) is 3.35. The molecule has 0 aromatic carbocycles. The van der Waals surface area contributed by atoms with E-state index < -0.39 is 0 Å². The summed E-state index contributed by atoms with van der Waals surface area (Å²) in [6.45, 7) is 5.57. The van der Waals surface area contributed by atoms with Crippen molar-refractivity contribution in [3.8, 4) is 0 Å². The average molecular weight is 298 g/mol. The molecule has 4 rings (SSSR count).